The molecular weight excluding hydrogens is 820 g/mol. The number of nitrogen functional groups attached to an aromatic ring is 1. The van der Waals surface area contributed by atoms with Crippen LogP contribution in [0.4, 0.5) is 33.2 Å². The number of carbonyl (C=O) groups excluding carboxylic acids is 1. The van der Waals surface area contributed by atoms with Gasteiger partial charge in [0.25, 0.3) is 0 Å². The van der Waals surface area contributed by atoms with Gasteiger partial charge in [-0.15, -0.1) is 16.4 Å². The van der Waals surface area contributed by atoms with E-state index in [2.05, 4.69) is 33.5 Å². The van der Waals surface area contributed by atoms with Gasteiger partial charge in [-0.3, -0.25) is 4.90 Å². The molecule has 18 heteroatoms. The lowest BCUT2D eigenvalue weighted by atomic mass is 9.76. The minimum absolute atomic E-state index is 0.00906. The van der Waals surface area contributed by atoms with Crippen molar-refractivity contribution in [2.75, 3.05) is 30.3 Å². The maximum atomic E-state index is 17.7. The molecule has 0 spiro atoms. The second kappa shape index (κ2) is 15.1. The fraction of sp³-hybridized carbons (Fsp3) is 0.476. The second-order valence-electron chi connectivity index (χ2n) is 16.8. The first-order valence-electron chi connectivity index (χ1n) is 20.3. The third kappa shape index (κ3) is 6.36. The van der Waals surface area contributed by atoms with E-state index in [0.717, 1.165) is 48.0 Å². The third-order valence-corrected chi connectivity index (χ3v) is 14.5. The lowest BCUT2D eigenvalue weighted by Crippen LogP contribution is -2.61. The summed E-state index contributed by atoms with van der Waals surface area (Å²) >= 11 is 7.97. The number of carbonyl (C=O) groups is 1. The van der Waals surface area contributed by atoms with Crippen molar-refractivity contribution in [3.05, 3.63) is 65.2 Å². The number of ether oxygens (including phenoxy) is 1. The molecule has 60 heavy (non-hydrogen) atoms. The molecule has 5 aromatic rings. The van der Waals surface area contributed by atoms with Crippen LogP contribution in [0.15, 0.2) is 36.9 Å². The van der Waals surface area contributed by atoms with E-state index < -0.39 is 35.5 Å². The second-order valence-corrected chi connectivity index (χ2v) is 18.3. The first kappa shape index (κ1) is 40.4. The van der Waals surface area contributed by atoms with Crippen LogP contribution in [0.5, 0.6) is 6.01 Å². The number of hydrogen-bond acceptors (Lipinski definition) is 11. The maximum absolute atomic E-state index is 17.7. The number of alkyl halides is 1. The number of thiophene rings is 1. The summed E-state index contributed by atoms with van der Waals surface area (Å²) < 4.78 is 69.2. The van der Waals surface area contributed by atoms with Gasteiger partial charge < -0.3 is 20.3 Å². The van der Waals surface area contributed by atoms with Crippen LogP contribution in [0.3, 0.4) is 0 Å². The highest BCUT2D eigenvalue weighted by molar-refractivity contribution is 7.23. The highest BCUT2D eigenvalue weighted by Crippen LogP contribution is 2.49. The van der Waals surface area contributed by atoms with Gasteiger partial charge in [0.15, 0.2) is 5.82 Å². The molecule has 2 aromatic carbocycles. The number of aromatic nitrogens is 5. The Kier molecular flexibility index (Phi) is 10.2. The Hall–Kier alpha value is -5.05. The van der Waals surface area contributed by atoms with Crippen LogP contribution in [0.1, 0.15) is 71.3 Å². The van der Waals surface area contributed by atoms with Crippen LogP contribution in [0, 0.1) is 40.9 Å². The molecule has 6 atom stereocenters. The predicted octanol–water partition coefficient (Wildman–Crippen LogP) is 8.86. The van der Waals surface area contributed by atoms with Gasteiger partial charge in [-0.05, 0) is 69.2 Å². The van der Waals surface area contributed by atoms with Crippen molar-refractivity contribution in [1.82, 2.24) is 34.5 Å². The Balaban J connectivity index is 1.22. The number of nitriles is 1. The van der Waals surface area contributed by atoms with Gasteiger partial charge in [0, 0.05) is 59.9 Å². The molecule has 0 bridgehead atoms. The van der Waals surface area contributed by atoms with Crippen molar-refractivity contribution in [2.24, 2.45) is 11.8 Å². The number of nitrogens with zero attached hydrogens (tertiary/aromatic N) is 9. The van der Waals surface area contributed by atoms with Gasteiger partial charge in [0.1, 0.15) is 46.5 Å². The number of likely N-dealkylation sites (tertiary alicyclic amines) is 1. The quantitative estimate of drug-likeness (QED) is 0.130. The summed E-state index contributed by atoms with van der Waals surface area (Å²) in [6.07, 6.45) is 3.49. The Morgan fingerprint density at radius 3 is 2.70 bits per heavy atom. The lowest BCUT2D eigenvalue weighted by molar-refractivity contribution is 0.0658. The van der Waals surface area contributed by atoms with Crippen molar-refractivity contribution in [3.8, 4) is 23.2 Å². The summed E-state index contributed by atoms with van der Waals surface area (Å²) in [5, 5.41) is 14.2. The fourth-order valence-corrected chi connectivity index (χ4v) is 12.0. The number of halogens is 5. The van der Waals surface area contributed by atoms with Crippen LogP contribution in [-0.2, 0) is 0 Å². The molecule has 2 unspecified atom stereocenters. The third-order valence-electron chi connectivity index (χ3n) is 13.2. The van der Waals surface area contributed by atoms with Crippen molar-refractivity contribution >= 4 is 60.8 Å². The smallest absolute Gasteiger partial charge is 0.346 e. The monoisotopic (exact) mass is 862 g/mol. The molecule has 9 rings (SSSR count). The van der Waals surface area contributed by atoms with E-state index in [9.17, 15) is 18.8 Å². The number of anilines is 2. The van der Waals surface area contributed by atoms with Gasteiger partial charge >= 0.3 is 18.1 Å². The zero-order chi connectivity index (χ0) is 42.4. The molecule has 0 radical (unpaired) electrons. The summed E-state index contributed by atoms with van der Waals surface area (Å²) in [6.45, 7) is 11.7. The van der Waals surface area contributed by atoms with E-state index in [1.54, 1.807) is 11.0 Å². The van der Waals surface area contributed by atoms with Gasteiger partial charge in [-0.1, -0.05) is 44.5 Å². The molecule has 12 nitrogen and oxygen atoms in total. The van der Waals surface area contributed by atoms with Gasteiger partial charge in [0.05, 0.1) is 20.8 Å². The molecule has 2 N–H and O–H groups in total. The van der Waals surface area contributed by atoms with Crippen molar-refractivity contribution in [3.63, 3.8) is 0 Å². The highest BCUT2D eigenvalue weighted by atomic mass is 35.5. The van der Waals surface area contributed by atoms with Crippen molar-refractivity contribution in [2.45, 2.75) is 95.6 Å². The van der Waals surface area contributed by atoms with Crippen LogP contribution in [0.25, 0.3) is 32.1 Å². The summed E-state index contributed by atoms with van der Waals surface area (Å²) in [5.41, 5.74) is 5.32. The summed E-state index contributed by atoms with van der Waals surface area (Å²) in [7, 11) is 0. The van der Waals surface area contributed by atoms with E-state index in [4.69, 9.17) is 27.1 Å². The predicted molar refractivity (Wildman–Crippen MR) is 221 cm³/mol. The standard InChI is InChI=1S/C42H43ClF4N10O2S/c1-20(2)35-24-8-5-7-21(3)57(30(24)11-14-55(35)41(58)56-19-50-39(47)53-56)38-26-15-28(43)32(25-9-10-29(45)36-31(25)27(17-48)37(49)60-36)33(46)34(26)51-40(52-38)59-22(4)42-12-6-13-54(42)18-23(44)16-42/h9-10,15,19-21,23-24,30,35H,4-8,11-14,16,18,49H2,1-3H3/t21-,23?,24+,30?,35+,42-/m0/s1. The summed E-state index contributed by atoms with van der Waals surface area (Å²) in [6, 6.07) is 4.90. The zero-order valence-electron chi connectivity index (χ0n) is 33.3. The highest BCUT2D eigenvalue weighted by Gasteiger charge is 2.52. The van der Waals surface area contributed by atoms with Gasteiger partial charge in [-0.25, -0.2) is 18.0 Å². The minimum Gasteiger partial charge on any atom is -0.427 e. The van der Waals surface area contributed by atoms with Crippen LogP contribution < -0.4 is 15.4 Å². The largest absolute Gasteiger partial charge is 0.427 e. The molecule has 0 saturated carbocycles. The molecule has 4 saturated heterocycles. The van der Waals surface area contributed by atoms with E-state index >= 15 is 8.78 Å². The Bertz CT molecular complexity index is 2610. The van der Waals surface area contributed by atoms with Crippen molar-refractivity contribution < 1.29 is 27.1 Å². The Morgan fingerprint density at radius 1 is 1.17 bits per heavy atom. The fourth-order valence-electron chi connectivity index (χ4n) is 10.7. The molecule has 1 amide bonds. The van der Waals surface area contributed by atoms with Crippen LogP contribution >= 0.6 is 22.9 Å². The zero-order valence-corrected chi connectivity index (χ0v) is 34.8. The van der Waals surface area contributed by atoms with Crippen molar-refractivity contribution in [1.29, 1.82) is 5.26 Å². The molecule has 7 heterocycles. The first-order valence-corrected chi connectivity index (χ1v) is 21.4. The Morgan fingerprint density at radius 2 is 1.97 bits per heavy atom. The maximum Gasteiger partial charge on any atom is 0.346 e. The number of amides is 1. The number of piperidine rings is 1. The first-order chi connectivity index (χ1) is 28.7. The molecule has 314 valence electrons. The topological polar surface area (TPSA) is 142 Å². The molecule has 3 aromatic heterocycles. The Labute approximate surface area is 352 Å². The SMILES string of the molecule is C=C(Oc1nc(N2C3CCN(C(=O)n4cnc(F)n4)[C@H](C(C)C)[C@@H]3CCC[C@@H]2C)c2cc(Cl)c(-c3ccc(F)c4sc(N)c(C#N)c34)c(F)c2n1)[C@@]12CCCN1CC(F)C2. The summed E-state index contributed by atoms with van der Waals surface area (Å²) in [4.78, 5) is 33.0. The van der Waals surface area contributed by atoms with Crippen LogP contribution in [-0.4, -0.2) is 90.0 Å². The number of nitrogens with two attached hydrogens (primary N) is 1. The molecule has 4 fully saturated rings. The molecule has 4 aliphatic heterocycles. The van der Waals surface area contributed by atoms with E-state index in [1.165, 1.54) is 12.1 Å². The summed E-state index contributed by atoms with van der Waals surface area (Å²) in [5.74, 6) is -0.944. The number of fused-ring (bicyclic) bond motifs is 4. The van der Waals surface area contributed by atoms with E-state index in [-0.39, 0.29) is 97.0 Å². The normalized spacial score (nSPS) is 25.8. The molecule has 4 aliphatic rings. The lowest BCUT2D eigenvalue weighted by Gasteiger charge is -2.51. The average molecular weight is 863 g/mol. The van der Waals surface area contributed by atoms with E-state index in [0.29, 0.717) is 37.1 Å². The van der Waals surface area contributed by atoms with Crippen LogP contribution in [0.2, 0.25) is 5.02 Å². The van der Waals surface area contributed by atoms with Gasteiger partial charge in [0.2, 0.25) is 0 Å². The van der Waals surface area contributed by atoms with Gasteiger partial charge in [-0.2, -0.15) is 29.3 Å². The molecule has 0 aliphatic carbocycles. The minimum atomic E-state index is -1.07. The average Bonchev–Trinajstić information content (AvgIpc) is 3.96. The molecular formula is C42H43ClF4N10O2S. The number of rotatable bonds is 6. The van der Waals surface area contributed by atoms with E-state index in [1.807, 2.05) is 24.8 Å². The number of benzene rings is 2. The number of hydrogen-bond donors (Lipinski definition) is 1.